The fraction of sp³-hybridized carbons (Fsp3) is 0.105. The van der Waals surface area contributed by atoms with Gasteiger partial charge in [-0.15, -0.1) is 0 Å². The van der Waals surface area contributed by atoms with Crippen molar-refractivity contribution in [2.75, 3.05) is 14.2 Å². The van der Waals surface area contributed by atoms with Crippen LogP contribution in [0.3, 0.4) is 0 Å². The highest BCUT2D eigenvalue weighted by Gasteiger charge is 2.17. The van der Waals surface area contributed by atoms with Crippen molar-refractivity contribution in [3.8, 4) is 28.9 Å². The van der Waals surface area contributed by atoms with Crippen LogP contribution in [0.5, 0.6) is 17.4 Å². The van der Waals surface area contributed by atoms with Crippen LogP contribution in [-0.4, -0.2) is 41.6 Å². The number of aromatic hydroxyl groups is 1. The van der Waals surface area contributed by atoms with Gasteiger partial charge in [0, 0.05) is 16.6 Å². The maximum atomic E-state index is 11.5. The molecule has 0 saturated heterocycles. The highest BCUT2D eigenvalue weighted by Crippen LogP contribution is 2.35. The number of carboxylic acids is 1. The van der Waals surface area contributed by atoms with Gasteiger partial charge in [-0.05, 0) is 28.1 Å². The van der Waals surface area contributed by atoms with Crippen molar-refractivity contribution in [2.45, 2.75) is 0 Å². The van der Waals surface area contributed by atoms with Crippen molar-refractivity contribution in [1.82, 2.24) is 4.98 Å². The number of rotatable bonds is 6. The Balaban J connectivity index is 2.01. The lowest BCUT2D eigenvalue weighted by Crippen LogP contribution is -2.00. The molecule has 0 unspecified atom stereocenters. The number of hydrogen-bond donors (Lipinski definition) is 2. The second kappa shape index (κ2) is 8.13. The van der Waals surface area contributed by atoms with Crippen LogP contribution >= 0.6 is 15.9 Å². The molecule has 2 aromatic carbocycles. The topological polar surface area (TPSA) is 114 Å². The summed E-state index contributed by atoms with van der Waals surface area (Å²) in [6, 6.07) is 9.95. The minimum atomic E-state index is -1.19. The zero-order valence-electron chi connectivity index (χ0n) is 14.8. The molecule has 0 spiro atoms. The number of ether oxygens (including phenoxy) is 2. The number of hydrogen-bond acceptors (Lipinski definition) is 7. The Morgan fingerprint density at radius 3 is 2.54 bits per heavy atom. The van der Waals surface area contributed by atoms with Gasteiger partial charge < -0.3 is 24.1 Å². The molecule has 3 rings (SSSR count). The van der Waals surface area contributed by atoms with Gasteiger partial charge in [0.25, 0.3) is 0 Å². The number of aliphatic imine (C=N–C) groups is 1. The van der Waals surface area contributed by atoms with Crippen LogP contribution in [0.1, 0.15) is 16.1 Å². The van der Waals surface area contributed by atoms with E-state index in [9.17, 15) is 15.0 Å². The molecular weight excluding hydrogens is 432 g/mol. The van der Waals surface area contributed by atoms with Crippen LogP contribution in [0.25, 0.3) is 11.5 Å². The Morgan fingerprint density at radius 1 is 1.21 bits per heavy atom. The molecule has 0 radical (unpaired) electrons. The number of halogens is 1. The molecule has 2 N–H and O–H groups in total. The predicted molar refractivity (Wildman–Crippen MR) is 105 cm³/mol. The molecule has 0 atom stereocenters. The number of oxazole rings is 1. The zero-order valence-corrected chi connectivity index (χ0v) is 16.4. The van der Waals surface area contributed by atoms with Crippen LogP contribution in [-0.2, 0) is 0 Å². The van der Waals surface area contributed by atoms with E-state index in [4.69, 9.17) is 13.9 Å². The van der Waals surface area contributed by atoms with Crippen molar-refractivity contribution in [2.24, 2.45) is 4.99 Å². The minimum Gasteiger partial charge on any atom is -0.493 e. The number of benzene rings is 2. The Morgan fingerprint density at radius 2 is 1.89 bits per heavy atom. The van der Waals surface area contributed by atoms with Crippen LogP contribution in [0.2, 0.25) is 0 Å². The molecule has 0 fully saturated rings. The van der Waals surface area contributed by atoms with E-state index < -0.39 is 11.9 Å². The lowest BCUT2D eigenvalue weighted by atomic mass is 10.1. The van der Waals surface area contributed by atoms with Crippen molar-refractivity contribution >= 4 is 33.8 Å². The van der Waals surface area contributed by atoms with Crippen molar-refractivity contribution < 1.29 is 28.9 Å². The fourth-order valence-electron chi connectivity index (χ4n) is 2.43. The monoisotopic (exact) mass is 446 g/mol. The molecule has 0 aliphatic carbocycles. The molecule has 0 bridgehead atoms. The number of aromatic nitrogens is 1. The van der Waals surface area contributed by atoms with Gasteiger partial charge in [0.1, 0.15) is 0 Å². The van der Waals surface area contributed by atoms with E-state index in [-0.39, 0.29) is 28.6 Å². The van der Waals surface area contributed by atoms with E-state index in [1.165, 1.54) is 32.6 Å². The minimum absolute atomic E-state index is 0.0527. The lowest BCUT2D eigenvalue weighted by Gasteiger charge is -2.10. The molecule has 1 heterocycles. The molecule has 0 aliphatic rings. The van der Waals surface area contributed by atoms with Gasteiger partial charge in [0.2, 0.25) is 5.89 Å². The summed E-state index contributed by atoms with van der Waals surface area (Å²) in [5.74, 6) is -0.854. The van der Waals surface area contributed by atoms with Crippen molar-refractivity contribution in [3.05, 3.63) is 52.1 Å². The first-order chi connectivity index (χ1) is 13.4. The summed E-state index contributed by atoms with van der Waals surface area (Å²) in [6.45, 7) is 0. The molecule has 28 heavy (non-hydrogen) atoms. The summed E-state index contributed by atoms with van der Waals surface area (Å²) in [5.41, 5.74) is 0.713. The van der Waals surface area contributed by atoms with Gasteiger partial charge >= 0.3 is 11.9 Å². The van der Waals surface area contributed by atoms with E-state index in [0.717, 1.165) is 4.47 Å². The van der Waals surface area contributed by atoms with Crippen LogP contribution in [0.4, 0.5) is 5.69 Å². The number of carbonyl (C=O) groups is 1. The highest BCUT2D eigenvalue weighted by atomic mass is 79.9. The SMILES string of the molecule is COc1cc(N=Cc2nc(-c3ccccc3Br)oc2O)c(C(=O)O)cc1OC. The van der Waals surface area contributed by atoms with Gasteiger partial charge in [-0.1, -0.05) is 12.1 Å². The number of carboxylic acid groups (broad SMARTS) is 1. The molecule has 144 valence electrons. The fourth-order valence-corrected chi connectivity index (χ4v) is 2.89. The third kappa shape index (κ3) is 3.84. The number of aromatic carboxylic acids is 1. The molecule has 1 aromatic heterocycles. The largest absolute Gasteiger partial charge is 0.493 e. The van der Waals surface area contributed by atoms with Gasteiger partial charge in [0.15, 0.2) is 17.2 Å². The van der Waals surface area contributed by atoms with Crippen LogP contribution in [0.15, 0.2) is 50.3 Å². The molecule has 0 saturated carbocycles. The molecule has 3 aromatic rings. The molecular formula is C19H15BrN2O6. The maximum Gasteiger partial charge on any atom is 0.338 e. The van der Waals surface area contributed by atoms with Crippen molar-refractivity contribution in [3.63, 3.8) is 0 Å². The molecule has 8 nitrogen and oxygen atoms in total. The summed E-state index contributed by atoms with van der Waals surface area (Å²) in [7, 11) is 2.84. The second-order valence-corrected chi connectivity index (χ2v) is 6.33. The zero-order chi connectivity index (χ0) is 20.3. The van der Waals surface area contributed by atoms with Gasteiger partial charge in [-0.25, -0.2) is 9.78 Å². The highest BCUT2D eigenvalue weighted by molar-refractivity contribution is 9.10. The van der Waals surface area contributed by atoms with Crippen molar-refractivity contribution in [1.29, 1.82) is 0 Å². The van der Waals surface area contributed by atoms with E-state index in [2.05, 4.69) is 25.9 Å². The Hall–Kier alpha value is -3.33. The quantitative estimate of drug-likeness (QED) is 0.543. The van der Waals surface area contributed by atoms with E-state index in [1.807, 2.05) is 12.1 Å². The average Bonchev–Trinajstić information content (AvgIpc) is 3.06. The summed E-state index contributed by atoms with van der Waals surface area (Å²) in [5, 5.41) is 19.5. The smallest absolute Gasteiger partial charge is 0.338 e. The van der Waals surface area contributed by atoms with Gasteiger partial charge in [-0.2, -0.15) is 0 Å². The number of methoxy groups -OCH3 is 2. The number of nitrogens with zero attached hydrogens (tertiary/aromatic N) is 2. The third-order valence-corrected chi connectivity index (χ3v) is 4.49. The third-order valence-electron chi connectivity index (χ3n) is 3.80. The summed E-state index contributed by atoms with van der Waals surface area (Å²) < 4.78 is 16.3. The van der Waals surface area contributed by atoms with E-state index in [1.54, 1.807) is 12.1 Å². The second-order valence-electron chi connectivity index (χ2n) is 5.48. The first kappa shape index (κ1) is 19.4. The van der Waals surface area contributed by atoms with E-state index >= 15 is 0 Å². The summed E-state index contributed by atoms with van der Waals surface area (Å²) in [4.78, 5) is 19.9. The first-order valence-corrected chi connectivity index (χ1v) is 8.72. The van der Waals surface area contributed by atoms with E-state index in [0.29, 0.717) is 11.3 Å². The Bertz CT molecular complexity index is 1060. The molecule has 0 amide bonds. The lowest BCUT2D eigenvalue weighted by molar-refractivity contribution is 0.0697. The summed E-state index contributed by atoms with van der Waals surface area (Å²) >= 11 is 3.39. The standard InChI is InChI=1S/C19H15BrN2O6/c1-26-15-7-11(18(23)24)13(8-16(15)27-2)21-9-14-19(25)28-17(22-14)10-5-3-4-6-12(10)20/h3-9,25H,1-2H3,(H,23,24). The maximum absolute atomic E-state index is 11.5. The van der Waals surface area contributed by atoms with Gasteiger partial charge in [0.05, 0.1) is 37.2 Å². The molecule has 0 aliphatic heterocycles. The van der Waals surface area contributed by atoms with Crippen LogP contribution in [0, 0.1) is 0 Å². The van der Waals surface area contributed by atoms with Gasteiger partial charge in [-0.3, -0.25) is 4.99 Å². The average molecular weight is 447 g/mol. The Kier molecular flexibility index (Phi) is 5.65. The Labute approximate surface area is 168 Å². The normalized spacial score (nSPS) is 11.0. The van der Waals surface area contributed by atoms with Crippen LogP contribution < -0.4 is 9.47 Å². The molecule has 9 heteroatoms. The predicted octanol–water partition coefficient (Wildman–Crippen LogP) is 4.28. The summed E-state index contributed by atoms with van der Waals surface area (Å²) in [6.07, 6.45) is 1.22. The first-order valence-electron chi connectivity index (χ1n) is 7.92.